The highest BCUT2D eigenvalue weighted by molar-refractivity contribution is 6.23. The number of piperidine rings is 3. The number of anilines is 4. The Morgan fingerprint density at radius 1 is 0.783 bits per heavy atom. The van der Waals surface area contributed by atoms with Crippen LogP contribution in [0, 0.1) is 18.4 Å². The fourth-order valence-corrected chi connectivity index (χ4v) is 9.05. The lowest BCUT2D eigenvalue weighted by Crippen LogP contribution is -2.54. The molecule has 5 aliphatic rings. The van der Waals surface area contributed by atoms with Crippen LogP contribution in [-0.4, -0.2) is 109 Å². The second kappa shape index (κ2) is 16.9. The Morgan fingerprint density at radius 2 is 1.42 bits per heavy atom. The summed E-state index contributed by atoms with van der Waals surface area (Å²) in [7, 11) is 0. The second-order valence-electron chi connectivity index (χ2n) is 16.2. The molecule has 1 unspecified atom stereocenters. The van der Waals surface area contributed by atoms with E-state index in [4.69, 9.17) is 6.57 Å². The molecule has 0 aliphatic carbocycles. The van der Waals surface area contributed by atoms with Crippen molar-refractivity contribution in [2.45, 2.75) is 57.2 Å². The van der Waals surface area contributed by atoms with Crippen LogP contribution >= 0.6 is 0 Å². The predicted octanol–water partition coefficient (Wildman–Crippen LogP) is 5.34. The zero-order valence-electron chi connectivity index (χ0n) is 33.0. The Balaban J connectivity index is 0.745. The fraction of sp³-hybridized carbons (Fsp3) is 0.465. The summed E-state index contributed by atoms with van der Waals surface area (Å²) in [5.41, 5.74) is 1.47. The second-order valence-corrected chi connectivity index (χ2v) is 16.2. The number of halogens is 3. The van der Waals surface area contributed by atoms with Crippen LogP contribution in [0.2, 0.25) is 0 Å². The summed E-state index contributed by atoms with van der Waals surface area (Å²) >= 11 is 0. The molecule has 5 aliphatic heterocycles. The van der Waals surface area contributed by atoms with Gasteiger partial charge in [0, 0.05) is 76.1 Å². The van der Waals surface area contributed by atoms with Gasteiger partial charge in [0.05, 0.1) is 35.1 Å². The summed E-state index contributed by atoms with van der Waals surface area (Å²) in [6, 6.07) is 11.8. The monoisotopic (exact) mass is 825 g/mol. The van der Waals surface area contributed by atoms with Crippen LogP contribution in [0.4, 0.5) is 41.7 Å². The molecule has 0 radical (unpaired) electrons. The van der Waals surface area contributed by atoms with Crippen molar-refractivity contribution in [2.24, 2.45) is 11.8 Å². The molecule has 4 fully saturated rings. The van der Waals surface area contributed by atoms with E-state index in [9.17, 15) is 37.1 Å². The quantitative estimate of drug-likeness (QED) is 0.215. The largest absolute Gasteiger partial charge is 0.407 e. The number of carbonyl (C=O) groups is 5. The molecule has 6 heterocycles. The van der Waals surface area contributed by atoms with Crippen molar-refractivity contribution in [1.82, 2.24) is 20.1 Å². The summed E-state index contributed by atoms with van der Waals surface area (Å²) in [5, 5.41) is 5.14. The molecule has 3 aromatic rings. The van der Waals surface area contributed by atoms with Gasteiger partial charge in [-0.1, -0.05) is 6.07 Å². The van der Waals surface area contributed by atoms with Crippen LogP contribution in [0.15, 0.2) is 54.7 Å². The number of pyridine rings is 1. The van der Waals surface area contributed by atoms with Gasteiger partial charge in [0.25, 0.3) is 11.8 Å². The number of fused-ring (bicyclic) bond motifs is 1. The fourth-order valence-electron chi connectivity index (χ4n) is 9.05. The first kappa shape index (κ1) is 40.7. The van der Waals surface area contributed by atoms with Crippen LogP contribution in [0.25, 0.3) is 4.85 Å². The van der Waals surface area contributed by atoms with Gasteiger partial charge >= 0.3 is 6.18 Å². The number of amides is 5. The van der Waals surface area contributed by atoms with Gasteiger partial charge < -0.3 is 20.0 Å². The van der Waals surface area contributed by atoms with E-state index in [0.29, 0.717) is 48.9 Å². The topological polar surface area (TPSA) is 143 Å². The number of nitrogens with one attached hydrogen (secondary N) is 2. The third-order valence-electron chi connectivity index (χ3n) is 12.6. The van der Waals surface area contributed by atoms with E-state index in [1.807, 2.05) is 17.0 Å². The smallest absolute Gasteiger partial charge is 0.372 e. The van der Waals surface area contributed by atoms with Gasteiger partial charge in [-0.25, -0.2) is 9.83 Å². The van der Waals surface area contributed by atoms with E-state index in [2.05, 4.69) is 35.2 Å². The Hall–Kier alpha value is -6.02. The van der Waals surface area contributed by atoms with E-state index in [1.165, 1.54) is 12.1 Å². The molecular weight excluding hydrogens is 780 g/mol. The zero-order chi connectivity index (χ0) is 42.1. The normalized spacial score (nSPS) is 20.9. The van der Waals surface area contributed by atoms with Crippen LogP contribution in [-0.2, 0) is 20.6 Å². The summed E-state index contributed by atoms with van der Waals surface area (Å²) in [6.07, 6.45) is 1.46. The van der Waals surface area contributed by atoms with Crippen molar-refractivity contribution < 1.29 is 37.1 Å². The number of aromatic nitrogens is 1. The standard InChI is InChI=1S/C43H46F3N9O5/c1-47-35-6-3-30(25-34(35)43(44,45)46)53-18-13-28(14-19-53)39(57)49-37-8-4-31(26-48-37)54-22-20-51(21-23-54)15-10-27-11-16-52(17-12-27)29-2-5-32-33(24-29)42(60)55(41(32)59)36-7-9-38(56)50-40(36)58/h2-6,8,24-28,36H,7,9-23H2,(H,48,49,57)(H,50,56,58). The first-order chi connectivity index (χ1) is 28.9. The summed E-state index contributed by atoms with van der Waals surface area (Å²) in [5.74, 6) is -1.43. The Labute approximate surface area is 345 Å². The van der Waals surface area contributed by atoms with E-state index >= 15 is 0 Å². The zero-order valence-corrected chi connectivity index (χ0v) is 33.0. The van der Waals surface area contributed by atoms with Crippen molar-refractivity contribution in [3.63, 3.8) is 0 Å². The number of hydrogen-bond donors (Lipinski definition) is 2. The van der Waals surface area contributed by atoms with Gasteiger partial charge in [-0.3, -0.25) is 39.1 Å². The molecule has 314 valence electrons. The molecule has 0 bridgehead atoms. The first-order valence-electron chi connectivity index (χ1n) is 20.5. The molecule has 60 heavy (non-hydrogen) atoms. The molecule has 17 heteroatoms. The SMILES string of the molecule is [C-]#[N+]c1ccc(N2CCC(C(=O)Nc3ccc(N4CCN(CCC5CCN(c6ccc7c(c6)C(=O)N(C6CCC(=O)NC6=O)C7=O)CC5)CC4)cn3)CC2)cc1C(F)(F)F. The third-order valence-corrected chi connectivity index (χ3v) is 12.6. The Bertz CT molecular complexity index is 2200. The van der Waals surface area contributed by atoms with Crippen molar-refractivity contribution in [2.75, 3.05) is 78.9 Å². The van der Waals surface area contributed by atoms with Gasteiger partial charge in [-0.2, -0.15) is 13.2 Å². The number of nitrogens with zero attached hydrogens (tertiary/aromatic N) is 7. The van der Waals surface area contributed by atoms with E-state index in [0.717, 1.165) is 87.4 Å². The summed E-state index contributed by atoms with van der Waals surface area (Å²) in [6.45, 7) is 14.2. The molecular formula is C43H46F3N9O5. The summed E-state index contributed by atoms with van der Waals surface area (Å²) in [4.78, 5) is 80.9. The van der Waals surface area contributed by atoms with Crippen molar-refractivity contribution in [3.05, 3.63) is 82.8 Å². The van der Waals surface area contributed by atoms with Gasteiger partial charge in [-0.15, -0.1) is 0 Å². The lowest BCUT2D eigenvalue weighted by Gasteiger charge is -2.38. The highest BCUT2D eigenvalue weighted by atomic mass is 19.4. The van der Waals surface area contributed by atoms with Gasteiger partial charge in [0.1, 0.15) is 11.9 Å². The van der Waals surface area contributed by atoms with Crippen LogP contribution in [0.3, 0.4) is 0 Å². The lowest BCUT2D eigenvalue weighted by molar-refractivity contribution is -0.137. The molecule has 1 aromatic heterocycles. The molecule has 8 rings (SSSR count). The molecule has 2 aromatic carbocycles. The summed E-state index contributed by atoms with van der Waals surface area (Å²) < 4.78 is 40.4. The van der Waals surface area contributed by atoms with Gasteiger partial charge in [0.2, 0.25) is 17.7 Å². The van der Waals surface area contributed by atoms with E-state index in [-0.39, 0.29) is 30.2 Å². The highest BCUT2D eigenvalue weighted by Crippen LogP contribution is 2.40. The number of benzene rings is 2. The van der Waals surface area contributed by atoms with E-state index < -0.39 is 47.1 Å². The van der Waals surface area contributed by atoms with Crippen LogP contribution < -0.4 is 25.3 Å². The predicted molar refractivity (Wildman–Crippen MR) is 217 cm³/mol. The average molecular weight is 826 g/mol. The van der Waals surface area contributed by atoms with Crippen LogP contribution in [0.1, 0.15) is 71.2 Å². The highest BCUT2D eigenvalue weighted by Gasteiger charge is 2.45. The molecule has 5 amide bonds. The number of rotatable bonds is 9. The number of hydrogen-bond acceptors (Lipinski definition) is 10. The Kier molecular flexibility index (Phi) is 11.5. The van der Waals surface area contributed by atoms with Crippen molar-refractivity contribution in [3.8, 4) is 0 Å². The minimum Gasteiger partial charge on any atom is -0.372 e. The average Bonchev–Trinajstić information content (AvgIpc) is 3.50. The van der Waals surface area contributed by atoms with E-state index in [1.54, 1.807) is 24.4 Å². The number of piperazine rings is 1. The molecule has 2 N–H and O–H groups in total. The van der Waals surface area contributed by atoms with Gasteiger partial charge in [-0.05, 0) is 93.5 Å². The molecule has 4 saturated heterocycles. The van der Waals surface area contributed by atoms with Gasteiger partial charge in [0.15, 0.2) is 5.69 Å². The third kappa shape index (κ3) is 8.51. The maximum atomic E-state index is 13.5. The Morgan fingerprint density at radius 3 is 2.07 bits per heavy atom. The number of carbonyl (C=O) groups excluding carboxylic acids is 5. The molecule has 0 saturated carbocycles. The number of alkyl halides is 3. The lowest BCUT2D eigenvalue weighted by atomic mass is 9.92. The molecule has 0 spiro atoms. The number of imide groups is 2. The first-order valence-corrected chi connectivity index (χ1v) is 20.5. The maximum Gasteiger partial charge on any atom is 0.407 e. The maximum absolute atomic E-state index is 13.5. The van der Waals surface area contributed by atoms with Crippen molar-refractivity contribution >= 4 is 58.1 Å². The van der Waals surface area contributed by atoms with Crippen LogP contribution in [0.5, 0.6) is 0 Å². The van der Waals surface area contributed by atoms with Crippen molar-refractivity contribution in [1.29, 1.82) is 0 Å². The minimum absolute atomic E-state index is 0.0818. The molecule has 1 atom stereocenters. The molecule has 14 nitrogen and oxygen atoms in total. The minimum atomic E-state index is -4.62.